The molecule has 4 rings (SSSR count). The van der Waals surface area contributed by atoms with Gasteiger partial charge in [-0.3, -0.25) is 14.2 Å². The molecular formula is C20H18N4O4S2. The Hall–Kier alpha value is -3.03. The third-order valence-corrected chi connectivity index (χ3v) is 7.37. The van der Waals surface area contributed by atoms with Gasteiger partial charge in [-0.25, -0.2) is 9.78 Å². The van der Waals surface area contributed by atoms with Crippen LogP contribution in [-0.2, 0) is 28.9 Å². The number of carbonyl (C=O) groups excluding carboxylic acids is 2. The molecule has 0 aliphatic heterocycles. The van der Waals surface area contributed by atoms with Gasteiger partial charge in [-0.2, -0.15) is 5.26 Å². The number of nitrogens with zero attached hydrogens (tertiary/aromatic N) is 3. The van der Waals surface area contributed by atoms with E-state index in [1.54, 1.807) is 13.8 Å². The predicted molar refractivity (Wildman–Crippen MR) is 114 cm³/mol. The maximum absolute atomic E-state index is 12.9. The van der Waals surface area contributed by atoms with Gasteiger partial charge in [0.25, 0.3) is 5.56 Å². The van der Waals surface area contributed by atoms with E-state index in [-0.39, 0.29) is 13.2 Å². The van der Waals surface area contributed by atoms with Crippen LogP contribution in [0.2, 0.25) is 0 Å². The summed E-state index contributed by atoms with van der Waals surface area (Å²) in [6.07, 6.45) is 4.10. The van der Waals surface area contributed by atoms with Gasteiger partial charge in [0.2, 0.25) is 5.91 Å². The zero-order valence-electron chi connectivity index (χ0n) is 16.4. The van der Waals surface area contributed by atoms with Crippen molar-refractivity contribution in [1.29, 1.82) is 5.26 Å². The second-order valence-electron chi connectivity index (χ2n) is 6.86. The monoisotopic (exact) mass is 442 g/mol. The van der Waals surface area contributed by atoms with E-state index in [0.717, 1.165) is 41.0 Å². The lowest BCUT2D eigenvalue weighted by atomic mass is 10.1. The van der Waals surface area contributed by atoms with Crippen molar-refractivity contribution in [2.75, 3.05) is 11.9 Å². The van der Waals surface area contributed by atoms with Crippen LogP contribution in [0.25, 0.3) is 10.2 Å². The number of carbonyl (C=O) groups is 2. The number of aryl methyl sites for hydroxylation is 2. The van der Waals surface area contributed by atoms with Crippen LogP contribution in [0.4, 0.5) is 5.00 Å². The zero-order chi connectivity index (χ0) is 21.4. The van der Waals surface area contributed by atoms with Crippen molar-refractivity contribution < 1.29 is 14.3 Å². The molecule has 3 heterocycles. The average molecular weight is 443 g/mol. The summed E-state index contributed by atoms with van der Waals surface area (Å²) in [7, 11) is 0. The standard InChI is InChI=1S/C20H18N4O4S2/c1-3-28-20(27)16-10(2)15-18(30-16)22-9-24(19(15)26)8-14(25)23-17-12(7-21)11-5-4-6-13(11)29-17/h9H,3-6,8H2,1-2H3,(H,23,25). The number of hydrogen-bond acceptors (Lipinski definition) is 8. The molecule has 0 saturated heterocycles. The van der Waals surface area contributed by atoms with Crippen molar-refractivity contribution in [3.05, 3.63) is 43.1 Å². The first-order valence-electron chi connectivity index (χ1n) is 9.44. The summed E-state index contributed by atoms with van der Waals surface area (Å²) in [6.45, 7) is 3.38. The Balaban J connectivity index is 1.60. The molecule has 1 aliphatic rings. The minimum absolute atomic E-state index is 0.237. The number of thiophene rings is 2. The van der Waals surface area contributed by atoms with E-state index in [9.17, 15) is 19.6 Å². The number of nitriles is 1. The van der Waals surface area contributed by atoms with E-state index in [1.807, 2.05) is 0 Å². The Labute approximate surface area is 179 Å². The van der Waals surface area contributed by atoms with Crippen LogP contribution >= 0.6 is 22.7 Å². The minimum Gasteiger partial charge on any atom is -0.462 e. The number of fused-ring (bicyclic) bond motifs is 2. The fourth-order valence-corrected chi connectivity index (χ4v) is 5.88. The van der Waals surface area contributed by atoms with Gasteiger partial charge in [-0.05, 0) is 44.2 Å². The molecule has 3 aromatic rings. The maximum Gasteiger partial charge on any atom is 0.348 e. The minimum atomic E-state index is -0.489. The van der Waals surface area contributed by atoms with Crippen LogP contribution in [0.5, 0.6) is 0 Å². The molecule has 3 aromatic heterocycles. The molecule has 0 saturated carbocycles. The van der Waals surface area contributed by atoms with E-state index < -0.39 is 17.4 Å². The van der Waals surface area contributed by atoms with Crippen molar-refractivity contribution in [2.45, 2.75) is 39.7 Å². The lowest BCUT2D eigenvalue weighted by Crippen LogP contribution is -2.27. The SMILES string of the molecule is CCOC(=O)c1sc2ncn(CC(=O)Nc3sc4c(c3C#N)CCC4)c(=O)c2c1C. The average Bonchev–Trinajstić information content (AvgIpc) is 3.37. The molecule has 0 bridgehead atoms. The van der Waals surface area contributed by atoms with E-state index in [1.165, 1.54) is 22.2 Å². The smallest absolute Gasteiger partial charge is 0.348 e. The van der Waals surface area contributed by atoms with Crippen molar-refractivity contribution in [1.82, 2.24) is 9.55 Å². The highest BCUT2D eigenvalue weighted by atomic mass is 32.1. The highest BCUT2D eigenvalue weighted by Crippen LogP contribution is 2.38. The molecule has 1 amide bonds. The van der Waals surface area contributed by atoms with E-state index in [0.29, 0.717) is 31.2 Å². The second-order valence-corrected chi connectivity index (χ2v) is 8.96. The van der Waals surface area contributed by atoms with Gasteiger partial charge in [0.05, 0.1) is 23.9 Å². The Kier molecular flexibility index (Phi) is 5.40. The highest BCUT2D eigenvalue weighted by Gasteiger charge is 2.24. The molecule has 30 heavy (non-hydrogen) atoms. The summed E-state index contributed by atoms with van der Waals surface area (Å²) in [5.74, 6) is -0.898. The van der Waals surface area contributed by atoms with Crippen molar-refractivity contribution in [2.24, 2.45) is 0 Å². The first-order valence-corrected chi connectivity index (χ1v) is 11.1. The van der Waals surface area contributed by atoms with Crippen LogP contribution in [0, 0.1) is 18.3 Å². The second kappa shape index (κ2) is 8.01. The molecule has 0 unspecified atom stereocenters. The number of nitrogens with one attached hydrogen (secondary N) is 1. The third-order valence-electron chi connectivity index (χ3n) is 4.98. The van der Waals surface area contributed by atoms with Crippen LogP contribution in [-0.4, -0.2) is 28.0 Å². The molecule has 154 valence electrons. The van der Waals surface area contributed by atoms with Gasteiger partial charge < -0.3 is 10.1 Å². The number of aromatic nitrogens is 2. The fraction of sp³-hybridized carbons (Fsp3) is 0.350. The van der Waals surface area contributed by atoms with Crippen LogP contribution < -0.4 is 10.9 Å². The third kappa shape index (κ3) is 3.40. The van der Waals surface area contributed by atoms with Crippen LogP contribution in [0.1, 0.15) is 44.6 Å². The Bertz CT molecular complexity index is 1280. The first-order chi connectivity index (χ1) is 14.4. The van der Waals surface area contributed by atoms with E-state index in [4.69, 9.17) is 4.74 Å². The van der Waals surface area contributed by atoms with Gasteiger partial charge >= 0.3 is 5.97 Å². The van der Waals surface area contributed by atoms with Gasteiger partial charge in [-0.15, -0.1) is 22.7 Å². The van der Waals surface area contributed by atoms with Gasteiger partial charge in [0.15, 0.2) is 0 Å². The van der Waals surface area contributed by atoms with Gasteiger partial charge in [0, 0.05) is 4.88 Å². The Morgan fingerprint density at radius 1 is 1.37 bits per heavy atom. The molecule has 1 N–H and O–H groups in total. The normalized spacial score (nSPS) is 12.6. The number of rotatable bonds is 5. The molecule has 0 radical (unpaired) electrons. The van der Waals surface area contributed by atoms with Crippen molar-refractivity contribution in [3.8, 4) is 6.07 Å². The largest absolute Gasteiger partial charge is 0.462 e. The van der Waals surface area contributed by atoms with Gasteiger partial charge in [0.1, 0.15) is 27.3 Å². The van der Waals surface area contributed by atoms with Crippen molar-refractivity contribution in [3.63, 3.8) is 0 Å². The molecule has 0 fully saturated rings. The van der Waals surface area contributed by atoms with Crippen molar-refractivity contribution >= 4 is 49.8 Å². The summed E-state index contributed by atoms with van der Waals surface area (Å²) in [6, 6.07) is 2.18. The molecular weight excluding hydrogens is 424 g/mol. The number of hydrogen-bond donors (Lipinski definition) is 1. The number of ether oxygens (including phenoxy) is 1. The summed E-state index contributed by atoms with van der Waals surface area (Å²) < 4.78 is 6.24. The quantitative estimate of drug-likeness (QED) is 0.608. The number of anilines is 1. The molecule has 0 spiro atoms. The maximum atomic E-state index is 12.9. The zero-order valence-corrected chi connectivity index (χ0v) is 18.0. The predicted octanol–water partition coefficient (Wildman–Crippen LogP) is 3.00. The summed E-state index contributed by atoms with van der Waals surface area (Å²) in [4.78, 5) is 43.7. The summed E-state index contributed by atoms with van der Waals surface area (Å²) >= 11 is 2.53. The van der Waals surface area contributed by atoms with Gasteiger partial charge in [-0.1, -0.05) is 0 Å². The molecule has 1 aliphatic carbocycles. The fourth-order valence-electron chi connectivity index (χ4n) is 3.59. The lowest BCUT2D eigenvalue weighted by Gasteiger charge is -2.07. The Morgan fingerprint density at radius 2 is 2.17 bits per heavy atom. The van der Waals surface area contributed by atoms with Crippen LogP contribution in [0.15, 0.2) is 11.1 Å². The lowest BCUT2D eigenvalue weighted by molar-refractivity contribution is -0.116. The molecule has 0 aromatic carbocycles. The molecule has 8 nitrogen and oxygen atoms in total. The van der Waals surface area contributed by atoms with E-state index in [2.05, 4.69) is 16.4 Å². The summed E-state index contributed by atoms with van der Waals surface area (Å²) in [5, 5.41) is 13.1. The number of esters is 1. The Morgan fingerprint density at radius 3 is 2.90 bits per heavy atom. The topological polar surface area (TPSA) is 114 Å². The summed E-state index contributed by atoms with van der Waals surface area (Å²) in [5.41, 5.74) is 1.66. The molecule has 0 atom stereocenters. The van der Waals surface area contributed by atoms with E-state index >= 15 is 0 Å². The number of amides is 1. The highest BCUT2D eigenvalue weighted by molar-refractivity contribution is 7.20. The van der Waals surface area contributed by atoms with Crippen LogP contribution in [0.3, 0.4) is 0 Å². The molecule has 10 heteroatoms. The first kappa shape index (κ1) is 20.3.